The molecule has 0 amide bonds. The van der Waals surface area contributed by atoms with Gasteiger partial charge in [-0.3, -0.25) is 0 Å². The summed E-state index contributed by atoms with van der Waals surface area (Å²) in [5, 5.41) is 27.4. The Hall–Kier alpha value is -1.57. The molecule has 1 aromatic rings. The van der Waals surface area contributed by atoms with Crippen LogP contribution in [0, 0.1) is 11.3 Å². The lowest BCUT2D eigenvalue weighted by Crippen LogP contribution is -2.15. The maximum atomic E-state index is 9.64. The Morgan fingerprint density at radius 2 is 1.84 bits per heavy atom. The number of ether oxygens (including phenoxy) is 1. The molecule has 0 radical (unpaired) electrons. The van der Waals surface area contributed by atoms with Crippen LogP contribution in [0.2, 0.25) is 0 Å². The van der Waals surface area contributed by atoms with Crippen molar-refractivity contribution in [1.82, 2.24) is 0 Å². The molecule has 0 spiro atoms. The highest BCUT2D eigenvalue weighted by Gasteiger charge is 2.17. The Morgan fingerprint density at radius 1 is 1.16 bits per heavy atom. The summed E-state index contributed by atoms with van der Waals surface area (Å²) in [6.07, 6.45) is 2.05. The molecule has 0 bridgehead atoms. The molecule has 4 heteroatoms. The number of benzene rings is 1. The molecule has 0 heterocycles. The molecule has 1 aromatic carbocycles. The van der Waals surface area contributed by atoms with Crippen LogP contribution in [-0.2, 0) is 0 Å². The predicted octanol–water partition coefficient (Wildman–Crippen LogP) is 2.56. The van der Waals surface area contributed by atoms with Crippen LogP contribution in [0.4, 0.5) is 0 Å². The van der Waals surface area contributed by atoms with Crippen LogP contribution in [0.15, 0.2) is 24.3 Å². The molecule has 19 heavy (non-hydrogen) atoms. The van der Waals surface area contributed by atoms with Gasteiger partial charge in [0.25, 0.3) is 0 Å². The summed E-state index contributed by atoms with van der Waals surface area (Å²) in [4.78, 5) is 0. The normalized spacial score (nSPS) is 13.6. The van der Waals surface area contributed by atoms with Gasteiger partial charge in [0.05, 0.1) is 12.7 Å². The van der Waals surface area contributed by atoms with E-state index in [2.05, 4.69) is 6.92 Å². The molecule has 2 atom stereocenters. The zero-order chi connectivity index (χ0) is 14.1. The van der Waals surface area contributed by atoms with Crippen molar-refractivity contribution < 1.29 is 14.9 Å². The summed E-state index contributed by atoms with van der Waals surface area (Å²) in [5.41, 5.74) is 0.507. The lowest BCUT2D eigenvalue weighted by Gasteiger charge is -2.12. The van der Waals surface area contributed by atoms with Crippen LogP contribution in [0.3, 0.4) is 0 Å². The smallest absolute Gasteiger partial charge is 0.170 e. The summed E-state index contributed by atoms with van der Waals surface area (Å²) >= 11 is 0. The maximum absolute atomic E-state index is 9.64. The van der Waals surface area contributed by atoms with Gasteiger partial charge in [0.1, 0.15) is 11.9 Å². The highest BCUT2D eigenvalue weighted by molar-refractivity contribution is 5.29. The number of hydrogen-bond donors (Lipinski definition) is 2. The van der Waals surface area contributed by atoms with E-state index in [0.29, 0.717) is 12.2 Å². The number of hydrogen-bond acceptors (Lipinski definition) is 4. The Kier molecular flexibility index (Phi) is 6.94. The van der Waals surface area contributed by atoms with Gasteiger partial charge in [-0.25, -0.2) is 0 Å². The monoisotopic (exact) mass is 263 g/mol. The molecule has 1 rings (SSSR count). The first kappa shape index (κ1) is 15.5. The standard InChI is InChI=1S/C15H21NO3/c1-2-3-4-5-10-19-13-8-6-12(7-9-13)15(18)14(17)11-16/h6-9,14-15,17-18H,2-5,10H2,1H3. The SMILES string of the molecule is CCCCCCOc1ccc(C(O)C(O)C#N)cc1. The topological polar surface area (TPSA) is 73.5 Å². The Bertz CT molecular complexity index is 397. The first-order valence-electron chi connectivity index (χ1n) is 6.67. The minimum atomic E-state index is -1.40. The van der Waals surface area contributed by atoms with E-state index in [0.717, 1.165) is 12.2 Å². The molecular weight excluding hydrogens is 242 g/mol. The Morgan fingerprint density at radius 3 is 2.42 bits per heavy atom. The molecule has 104 valence electrons. The van der Waals surface area contributed by atoms with Crippen LogP contribution in [0.5, 0.6) is 5.75 Å². The van der Waals surface area contributed by atoms with Crippen molar-refractivity contribution in [2.75, 3.05) is 6.61 Å². The molecule has 0 saturated carbocycles. The van der Waals surface area contributed by atoms with Gasteiger partial charge in [-0.15, -0.1) is 0 Å². The highest BCUT2D eigenvalue weighted by atomic mass is 16.5. The Balaban J connectivity index is 2.41. The zero-order valence-corrected chi connectivity index (χ0v) is 11.2. The molecular formula is C15H21NO3. The van der Waals surface area contributed by atoms with Crippen LogP contribution in [0.1, 0.15) is 44.3 Å². The van der Waals surface area contributed by atoms with E-state index in [1.165, 1.54) is 19.3 Å². The van der Waals surface area contributed by atoms with Gasteiger partial charge >= 0.3 is 0 Å². The van der Waals surface area contributed by atoms with Gasteiger partial charge in [0.2, 0.25) is 0 Å². The second-order valence-corrected chi connectivity index (χ2v) is 4.50. The number of unbranched alkanes of at least 4 members (excludes halogenated alkanes) is 3. The minimum absolute atomic E-state index is 0.507. The quantitative estimate of drug-likeness (QED) is 0.558. The average molecular weight is 263 g/mol. The first-order valence-corrected chi connectivity index (χ1v) is 6.67. The van der Waals surface area contributed by atoms with Crippen molar-refractivity contribution in [1.29, 1.82) is 5.26 Å². The fourth-order valence-electron chi connectivity index (χ4n) is 1.73. The maximum Gasteiger partial charge on any atom is 0.170 e. The third-order valence-corrected chi connectivity index (χ3v) is 2.92. The lowest BCUT2D eigenvalue weighted by atomic mass is 10.1. The molecule has 0 aliphatic rings. The van der Waals surface area contributed by atoms with E-state index in [4.69, 9.17) is 10.00 Å². The van der Waals surface area contributed by atoms with Crippen molar-refractivity contribution in [3.8, 4) is 11.8 Å². The van der Waals surface area contributed by atoms with Gasteiger partial charge in [-0.05, 0) is 24.1 Å². The van der Waals surface area contributed by atoms with E-state index in [1.54, 1.807) is 30.3 Å². The number of nitrogens with zero attached hydrogens (tertiary/aromatic N) is 1. The van der Waals surface area contributed by atoms with Crippen LogP contribution >= 0.6 is 0 Å². The van der Waals surface area contributed by atoms with E-state index in [-0.39, 0.29) is 0 Å². The second kappa shape index (κ2) is 8.52. The summed E-state index contributed by atoms with van der Waals surface area (Å²) < 4.78 is 5.56. The average Bonchev–Trinajstić information content (AvgIpc) is 2.46. The van der Waals surface area contributed by atoms with Gasteiger partial charge < -0.3 is 14.9 Å². The summed E-state index contributed by atoms with van der Waals surface area (Å²) in [5.74, 6) is 0.735. The van der Waals surface area contributed by atoms with E-state index < -0.39 is 12.2 Å². The van der Waals surface area contributed by atoms with Crippen LogP contribution < -0.4 is 4.74 Å². The minimum Gasteiger partial charge on any atom is -0.494 e. The van der Waals surface area contributed by atoms with E-state index in [9.17, 15) is 10.2 Å². The molecule has 0 aliphatic carbocycles. The third kappa shape index (κ3) is 5.29. The summed E-state index contributed by atoms with van der Waals surface area (Å²) in [6.45, 7) is 2.85. The predicted molar refractivity (Wildman–Crippen MR) is 72.7 cm³/mol. The fraction of sp³-hybridized carbons (Fsp3) is 0.533. The van der Waals surface area contributed by atoms with Gasteiger partial charge in [-0.1, -0.05) is 38.3 Å². The van der Waals surface area contributed by atoms with Gasteiger partial charge in [-0.2, -0.15) is 5.26 Å². The number of aliphatic hydroxyl groups excluding tert-OH is 2. The summed E-state index contributed by atoms with van der Waals surface area (Å²) in [6, 6.07) is 8.40. The first-order chi connectivity index (χ1) is 9.19. The Labute approximate surface area is 114 Å². The molecule has 2 N–H and O–H groups in total. The van der Waals surface area contributed by atoms with E-state index in [1.807, 2.05) is 0 Å². The molecule has 0 fully saturated rings. The number of rotatable bonds is 8. The largest absolute Gasteiger partial charge is 0.494 e. The molecule has 0 aliphatic heterocycles. The highest BCUT2D eigenvalue weighted by Crippen LogP contribution is 2.20. The summed E-state index contributed by atoms with van der Waals surface area (Å²) in [7, 11) is 0. The van der Waals surface area contributed by atoms with E-state index >= 15 is 0 Å². The molecule has 0 aromatic heterocycles. The molecule has 4 nitrogen and oxygen atoms in total. The van der Waals surface area contributed by atoms with Crippen molar-refractivity contribution in [2.24, 2.45) is 0 Å². The third-order valence-electron chi connectivity index (χ3n) is 2.92. The number of nitriles is 1. The zero-order valence-electron chi connectivity index (χ0n) is 11.2. The van der Waals surface area contributed by atoms with Crippen molar-refractivity contribution in [3.63, 3.8) is 0 Å². The number of aliphatic hydroxyl groups is 2. The molecule has 2 unspecified atom stereocenters. The lowest BCUT2D eigenvalue weighted by molar-refractivity contribution is 0.0527. The second-order valence-electron chi connectivity index (χ2n) is 4.50. The molecule has 0 saturated heterocycles. The van der Waals surface area contributed by atoms with Crippen LogP contribution in [-0.4, -0.2) is 22.9 Å². The van der Waals surface area contributed by atoms with Gasteiger partial charge in [0.15, 0.2) is 6.10 Å². The fourth-order valence-corrected chi connectivity index (χ4v) is 1.73. The van der Waals surface area contributed by atoms with Crippen molar-refractivity contribution >= 4 is 0 Å². The van der Waals surface area contributed by atoms with Crippen molar-refractivity contribution in [2.45, 2.75) is 44.8 Å². The van der Waals surface area contributed by atoms with Crippen molar-refractivity contribution in [3.05, 3.63) is 29.8 Å². The van der Waals surface area contributed by atoms with Crippen LogP contribution in [0.25, 0.3) is 0 Å². The van der Waals surface area contributed by atoms with Gasteiger partial charge in [0, 0.05) is 0 Å².